The minimum absolute atomic E-state index is 0.0263. The first-order valence-corrected chi connectivity index (χ1v) is 26.0. The molecule has 1 amide bonds. The second kappa shape index (κ2) is 21.6. The van der Waals surface area contributed by atoms with Crippen LogP contribution >= 0.6 is 7.92 Å². The Morgan fingerprint density at radius 3 is 1.60 bits per heavy atom. The number of nitrogens with one attached hydrogen (secondary N) is 1. The molecule has 3 aliphatic heterocycles. The molecule has 362 valence electrons. The number of aromatic nitrogens is 1. The highest BCUT2D eigenvalue weighted by Crippen LogP contribution is 2.45. The van der Waals surface area contributed by atoms with E-state index in [-0.39, 0.29) is 18.0 Å². The standard InChI is InChI=1S/C63H54N3O6P/c1-3-43-42-66-33-31-44(43)34-60(66)62(56-30-32-64-59-29-28-49(68-2)41-58(56)59)65-63(67)57-26-16-17-27-61(57)73(54-37-50(69-45-18-8-4-9-19-45)35-51(38-54)70-46-20-10-5-11-21-46)55-39-52(71-47-22-12-6-13-23-47)36-53(40-55)72-48-24-14-7-15-25-48/h3-30,32,35-41,43-44,60,62H,1,31,33-34,42H2,2H3,(H,65,67). The maximum absolute atomic E-state index is 15.8. The molecule has 73 heavy (non-hydrogen) atoms. The van der Waals surface area contributed by atoms with Gasteiger partial charge in [0.15, 0.2) is 0 Å². The van der Waals surface area contributed by atoms with Crippen LogP contribution in [-0.4, -0.2) is 42.0 Å². The zero-order chi connectivity index (χ0) is 49.5. The Kier molecular flexibility index (Phi) is 14.0. The summed E-state index contributed by atoms with van der Waals surface area (Å²) < 4.78 is 32.3. The molecule has 4 heterocycles. The van der Waals surface area contributed by atoms with Gasteiger partial charge < -0.3 is 29.0 Å². The molecule has 3 saturated heterocycles. The Morgan fingerprint density at radius 2 is 1.12 bits per heavy atom. The lowest BCUT2D eigenvalue weighted by Crippen LogP contribution is -2.57. The van der Waals surface area contributed by atoms with Crippen LogP contribution in [0.5, 0.6) is 51.7 Å². The summed E-state index contributed by atoms with van der Waals surface area (Å²) in [7, 11) is 0.0408. The van der Waals surface area contributed by atoms with Crippen LogP contribution in [-0.2, 0) is 0 Å². The fourth-order valence-corrected chi connectivity index (χ4v) is 12.8. The molecule has 2 bridgehead atoms. The van der Waals surface area contributed by atoms with Gasteiger partial charge in [-0.25, -0.2) is 0 Å². The maximum atomic E-state index is 15.8. The topological polar surface area (TPSA) is 91.4 Å². The number of hydrogen-bond donors (Lipinski definition) is 1. The van der Waals surface area contributed by atoms with Gasteiger partial charge >= 0.3 is 0 Å². The van der Waals surface area contributed by atoms with Gasteiger partial charge in [0.1, 0.15) is 51.7 Å². The largest absolute Gasteiger partial charge is 0.497 e. The second-order valence-electron chi connectivity index (χ2n) is 18.3. The normalized spacial score (nSPS) is 17.3. The highest BCUT2D eigenvalue weighted by atomic mass is 31.1. The van der Waals surface area contributed by atoms with Crippen molar-refractivity contribution in [3.8, 4) is 51.7 Å². The molecule has 0 radical (unpaired) electrons. The summed E-state index contributed by atoms with van der Waals surface area (Å²) in [5, 5.41) is 7.17. The van der Waals surface area contributed by atoms with E-state index in [0.29, 0.717) is 63.4 Å². The summed E-state index contributed by atoms with van der Waals surface area (Å²) >= 11 is 0. The first-order chi connectivity index (χ1) is 35.9. The van der Waals surface area contributed by atoms with Crippen molar-refractivity contribution in [2.24, 2.45) is 11.8 Å². The molecule has 5 atom stereocenters. The number of piperidine rings is 3. The minimum atomic E-state index is -1.63. The number of rotatable bonds is 17. The first-order valence-electron chi connectivity index (χ1n) is 24.7. The van der Waals surface area contributed by atoms with Crippen molar-refractivity contribution in [2.75, 3.05) is 20.2 Å². The highest BCUT2D eigenvalue weighted by molar-refractivity contribution is 7.80. The van der Waals surface area contributed by atoms with Gasteiger partial charge in [0.2, 0.25) is 0 Å². The van der Waals surface area contributed by atoms with E-state index in [0.717, 1.165) is 64.1 Å². The number of para-hydroxylation sites is 4. The lowest BCUT2D eigenvalue weighted by Gasteiger charge is -2.51. The molecule has 0 saturated carbocycles. The average Bonchev–Trinajstić information content (AvgIpc) is 3.43. The number of carbonyl (C=O) groups excluding carboxylic acids is 1. The average molecular weight is 980 g/mol. The van der Waals surface area contributed by atoms with Gasteiger partial charge in [-0.15, -0.1) is 6.58 Å². The summed E-state index contributed by atoms with van der Waals surface area (Å²) in [4.78, 5) is 23.1. The quantitative estimate of drug-likeness (QED) is 0.0713. The van der Waals surface area contributed by atoms with E-state index in [9.17, 15) is 0 Å². The molecule has 0 spiro atoms. The zero-order valence-electron chi connectivity index (χ0n) is 40.4. The van der Waals surface area contributed by atoms with Gasteiger partial charge in [0.25, 0.3) is 5.91 Å². The van der Waals surface area contributed by atoms with Crippen molar-refractivity contribution in [1.29, 1.82) is 0 Å². The number of amides is 1. The van der Waals surface area contributed by atoms with Crippen LogP contribution in [0.4, 0.5) is 0 Å². The number of fused-ring (bicyclic) bond motifs is 4. The third-order valence-electron chi connectivity index (χ3n) is 13.7. The summed E-state index contributed by atoms with van der Waals surface area (Å²) in [5.74, 6) is 6.36. The molecule has 5 unspecified atom stereocenters. The highest BCUT2D eigenvalue weighted by Gasteiger charge is 2.43. The molecule has 1 aromatic heterocycles. The number of ether oxygens (including phenoxy) is 5. The van der Waals surface area contributed by atoms with E-state index in [1.54, 1.807) is 7.11 Å². The van der Waals surface area contributed by atoms with Crippen molar-refractivity contribution >= 4 is 40.6 Å². The van der Waals surface area contributed by atoms with Crippen LogP contribution in [0.3, 0.4) is 0 Å². The Bertz CT molecular complexity index is 3110. The monoisotopic (exact) mass is 979 g/mol. The Morgan fingerprint density at radius 1 is 0.616 bits per heavy atom. The number of methoxy groups -OCH3 is 1. The summed E-state index contributed by atoms with van der Waals surface area (Å²) in [6.07, 6.45) is 5.97. The molecule has 10 heteroatoms. The number of pyridine rings is 1. The molecule has 3 fully saturated rings. The first kappa shape index (κ1) is 47.1. The number of carbonyl (C=O) groups is 1. The summed E-state index contributed by atoms with van der Waals surface area (Å²) in [5.41, 5.74) is 2.36. The predicted octanol–water partition coefficient (Wildman–Crippen LogP) is 13.5. The Balaban J connectivity index is 1.08. The van der Waals surface area contributed by atoms with E-state index in [1.807, 2.05) is 176 Å². The molecular formula is C63H54N3O6P. The van der Waals surface area contributed by atoms with Crippen LogP contribution in [0.15, 0.2) is 225 Å². The van der Waals surface area contributed by atoms with Crippen molar-refractivity contribution in [3.63, 3.8) is 0 Å². The lowest BCUT2D eigenvalue weighted by molar-refractivity contribution is 0.00171. The number of nitrogens with zero attached hydrogens (tertiary/aromatic N) is 2. The fourth-order valence-electron chi connectivity index (χ4n) is 10.3. The van der Waals surface area contributed by atoms with E-state index in [1.165, 1.54) is 0 Å². The van der Waals surface area contributed by atoms with Gasteiger partial charge in [-0.1, -0.05) is 97.1 Å². The van der Waals surface area contributed by atoms with E-state index >= 15 is 4.79 Å². The molecule has 8 aromatic carbocycles. The van der Waals surface area contributed by atoms with Crippen LogP contribution in [0.1, 0.15) is 34.8 Å². The fraction of sp³-hybridized carbons (Fsp3) is 0.143. The van der Waals surface area contributed by atoms with Crippen LogP contribution in [0, 0.1) is 11.8 Å². The number of hydrogen-bond acceptors (Lipinski definition) is 8. The molecule has 3 aliphatic rings. The van der Waals surface area contributed by atoms with Crippen molar-refractivity contribution in [2.45, 2.75) is 24.9 Å². The van der Waals surface area contributed by atoms with Crippen LogP contribution < -0.4 is 44.9 Å². The van der Waals surface area contributed by atoms with Crippen LogP contribution in [0.25, 0.3) is 10.9 Å². The minimum Gasteiger partial charge on any atom is -0.497 e. The maximum Gasteiger partial charge on any atom is 0.252 e. The third kappa shape index (κ3) is 10.7. The SMILES string of the molecule is C=CC1CN2CCC1CC2C(NC(=O)c1ccccc1P(c1cc(Oc2ccccc2)cc(Oc2ccccc2)c1)c1cc(Oc2ccccc2)cc(Oc2ccccc2)c1)c1ccnc2ccc(OC)cc12. The molecule has 9 nitrogen and oxygen atoms in total. The second-order valence-corrected chi connectivity index (χ2v) is 20.5. The van der Waals surface area contributed by atoms with Gasteiger partial charge in [0.05, 0.1) is 18.7 Å². The van der Waals surface area contributed by atoms with E-state index in [2.05, 4.69) is 59.3 Å². The molecule has 0 aliphatic carbocycles. The number of benzene rings is 8. The van der Waals surface area contributed by atoms with Gasteiger partial charge in [-0.05, 0) is 164 Å². The summed E-state index contributed by atoms with van der Waals surface area (Å²) in [6, 6.07) is 66.4. The van der Waals surface area contributed by atoms with Crippen molar-refractivity contribution in [1.82, 2.24) is 15.2 Å². The molecular weight excluding hydrogens is 926 g/mol. The van der Waals surface area contributed by atoms with Gasteiger partial charge in [-0.3, -0.25) is 14.7 Å². The summed E-state index contributed by atoms with van der Waals surface area (Å²) in [6.45, 7) is 6.05. The Hall–Kier alpha value is -8.23. The smallest absolute Gasteiger partial charge is 0.252 e. The van der Waals surface area contributed by atoms with E-state index in [4.69, 9.17) is 28.7 Å². The van der Waals surface area contributed by atoms with Crippen molar-refractivity contribution < 1.29 is 28.5 Å². The molecule has 1 N–H and O–H groups in total. The Labute approximate surface area is 427 Å². The van der Waals surface area contributed by atoms with Gasteiger partial charge in [0, 0.05) is 41.9 Å². The third-order valence-corrected chi connectivity index (χ3v) is 16.1. The predicted molar refractivity (Wildman–Crippen MR) is 291 cm³/mol. The zero-order valence-corrected chi connectivity index (χ0v) is 41.3. The van der Waals surface area contributed by atoms with Crippen molar-refractivity contribution in [3.05, 3.63) is 236 Å². The molecule has 12 rings (SSSR count). The van der Waals surface area contributed by atoms with Crippen LogP contribution in [0.2, 0.25) is 0 Å². The lowest BCUT2D eigenvalue weighted by atomic mass is 9.73. The molecule has 9 aromatic rings. The van der Waals surface area contributed by atoms with Gasteiger partial charge in [-0.2, -0.15) is 0 Å². The van der Waals surface area contributed by atoms with E-state index < -0.39 is 7.92 Å².